The van der Waals surface area contributed by atoms with Crippen molar-refractivity contribution in [1.82, 2.24) is 4.98 Å². The molecule has 0 aliphatic rings. The average molecular weight is 295 g/mol. The molecule has 6 heteroatoms. The largest absolute Gasteiger partial charge is 0.480 e. The predicted molar refractivity (Wildman–Crippen MR) is 76.1 cm³/mol. The van der Waals surface area contributed by atoms with Crippen LogP contribution in [-0.2, 0) is 11.3 Å². The minimum absolute atomic E-state index is 0.137. The van der Waals surface area contributed by atoms with Gasteiger partial charge in [0.1, 0.15) is 12.3 Å². The van der Waals surface area contributed by atoms with Gasteiger partial charge in [0.15, 0.2) is 0 Å². The second kappa shape index (κ2) is 5.96. The molecule has 0 atom stereocenters. The maximum atomic E-state index is 11.0. The Morgan fingerprint density at radius 3 is 2.50 bits per heavy atom. The van der Waals surface area contributed by atoms with Crippen molar-refractivity contribution in [3.05, 3.63) is 46.6 Å². The minimum Gasteiger partial charge on any atom is -0.480 e. The van der Waals surface area contributed by atoms with Crippen LogP contribution in [0.25, 0.3) is 0 Å². The summed E-state index contributed by atoms with van der Waals surface area (Å²) in [7, 11) is 0. The van der Waals surface area contributed by atoms with E-state index in [-0.39, 0.29) is 6.54 Å². The van der Waals surface area contributed by atoms with Crippen LogP contribution < -0.4 is 4.90 Å². The second-order valence-electron chi connectivity index (χ2n) is 4.48. The van der Waals surface area contributed by atoms with Crippen molar-refractivity contribution in [3.8, 4) is 0 Å². The summed E-state index contributed by atoms with van der Waals surface area (Å²) in [5.74, 6) is 0.322. The van der Waals surface area contributed by atoms with Crippen molar-refractivity contribution >= 4 is 23.3 Å². The third kappa shape index (κ3) is 3.51. The molecule has 2 rings (SSSR count). The van der Waals surface area contributed by atoms with Crippen LogP contribution in [0.5, 0.6) is 0 Å². The topological polar surface area (TPSA) is 66.6 Å². The molecule has 1 heterocycles. The first kappa shape index (κ1) is 14.4. The first-order chi connectivity index (χ1) is 9.45. The minimum atomic E-state index is -0.917. The number of oxazole rings is 1. The number of hydrogen-bond acceptors (Lipinski definition) is 4. The normalized spacial score (nSPS) is 10.6. The lowest BCUT2D eigenvalue weighted by Crippen LogP contribution is -2.29. The third-order valence-corrected chi connectivity index (χ3v) is 3.17. The molecule has 0 bridgehead atoms. The summed E-state index contributed by atoms with van der Waals surface area (Å²) in [6.07, 6.45) is 0. The van der Waals surface area contributed by atoms with Crippen molar-refractivity contribution in [2.24, 2.45) is 0 Å². The molecule has 106 valence electrons. The van der Waals surface area contributed by atoms with Crippen molar-refractivity contribution < 1.29 is 14.3 Å². The summed E-state index contributed by atoms with van der Waals surface area (Å²) >= 11 is 5.84. The van der Waals surface area contributed by atoms with Crippen LogP contribution in [0.2, 0.25) is 5.02 Å². The lowest BCUT2D eigenvalue weighted by Gasteiger charge is -2.21. The molecule has 0 fully saturated rings. The Morgan fingerprint density at radius 1 is 1.35 bits per heavy atom. The van der Waals surface area contributed by atoms with Crippen LogP contribution in [0.3, 0.4) is 0 Å². The number of carboxylic acids is 1. The Bertz CT molecular complexity index is 588. The lowest BCUT2D eigenvalue weighted by molar-refractivity contribution is -0.135. The molecule has 2 aromatic rings. The first-order valence-electron chi connectivity index (χ1n) is 6.11. The van der Waals surface area contributed by atoms with Gasteiger partial charge in [0, 0.05) is 10.7 Å². The van der Waals surface area contributed by atoms with E-state index in [1.807, 2.05) is 13.8 Å². The summed E-state index contributed by atoms with van der Waals surface area (Å²) in [5, 5.41) is 9.62. The van der Waals surface area contributed by atoms with Crippen LogP contribution in [0.15, 0.2) is 28.7 Å². The number of halogens is 1. The maximum absolute atomic E-state index is 11.0. The fraction of sp³-hybridized carbons (Fsp3) is 0.286. The molecule has 5 nitrogen and oxygen atoms in total. The lowest BCUT2D eigenvalue weighted by atomic mass is 10.3. The number of nitrogens with zero attached hydrogens (tertiary/aromatic N) is 2. The number of aliphatic carboxylic acids is 1. The van der Waals surface area contributed by atoms with E-state index in [2.05, 4.69) is 4.98 Å². The van der Waals surface area contributed by atoms with Crippen molar-refractivity contribution in [3.63, 3.8) is 0 Å². The Kier molecular flexibility index (Phi) is 4.29. The van der Waals surface area contributed by atoms with Gasteiger partial charge in [0.05, 0.1) is 12.2 Å². The van der Waals surface area contributed by atoms with Gasteiger partial charge in [-0.3, -0.25) is 4.79 Å². The van der Waals surface area contributed by atoms with Crippen LogP contribution >= 0.6 is 11.6 Å². The van der Waals surface area contributed by atoms with E-state index in [9.17, 15) is 4.79 Å². The highest BCUT2D eigenvalue weighted by Gasteiger charge is 2.15. The SMILES string of the molecule is Cc1nc(CN(CC(=O)O)c2ccc(Cl)cc2)oc1C. The van der Waals surface area contributed by atoms with Gasteiger partial charge >= 0.3 is 5.97 Å². The Morgan fingerprint density at radius 2 is 2.00 bits per heavy atom. The van der Waals surface area contributed by atoms with Gasteiger partial charge in [-0.2, -0.15) is 0 Å². The number of anilines is 1. The number of hydrogen-bond donors (Lipinski definition) is 1. The van der Waals surface area contributed by atoms with E-state index in [0.29, 0.717) is 17.5 Å². The second-order valence-corrected chi connectivity index (χ2v) is 4.91. The van der Waals surface area contributed by atoms with Crippen molar-refractivity contribution in [2.45, 2.75) is 20.4 Å². The van der Waals surface area contributed by atoms with Gasteiger partial charge in [0.2, 0.25) is 5.89 Å². The fourth-order valence-corrected chi connectivity index (χ4v) is 1.95. The number of aryl methyl sites for hydroxylation is 2. The first-order valence-corrected chi connectivity index (χ1v) is 6.48. The predicted octanol–water partition coefficient (Wildman–Crippen LogP) is 3.04. The van der Waals surface area contributed by atoms with E-state index in [1.54, 1.807) is 29.2 Å². The van der Waals surface area contributed by atoms with Gasteiger partial charge in [-0.15, -0.1) is 0 Å². The quantitative estimate of drug-likeness (QED) is 0.918. The van der Waals surface area contributed by atoms with E-state index in [0.717, 1.165) is 17.1 Å². The van der Waals surface area contributed by atoms with Gasteiger partial charge in [-0.05, 0) is 38.1 Å². The summed E-state index contributed by atoms with van der Waals surface area (Å²) in [6.45, 7) is 3.84. The molecule has 0 saturated carbocycles. The molecule has 0 unspecified atom stereocenters. The molecule has 0 radical (unpaired) electrons. The van der Waals surface area contributed by atoms with Crippen molar-refractivity contribution in [1.29, 1.82) is 0 Å². The molecule has 0 saturated heterocycles. The van der Waals surface area contributed by atoms with E-state index >= 15 is 0 Å². The molecule has 1 N–H and O–H groups in total. The van der Waals surface area contributed by atoms with E-state index < -0.39 is 5.97 Å². The highest BCUT2D eigenvalue weighted by Crippen LogP contribution is 2.20. The zero-order chi connectivity index (χ0) is 14.7. The smallest absolute Gasteiger partial charge is 0.323 e. The monoisotopic (exact) mass is 294 g/mol. The molecular formula is C14H15ClN2O3. The molecule has 20 heavy (non-hydrogen) atoms. The zero-order valence-corrected chi connectivity index (χ0v) is 12.0. The average Bonchev–Trinajstić information content (AvgIpc) is 2.68. The summed E-state index contributed by atoms with van der Waals surface area (Å²) in [6, 6.07) is 6.98. The van der Waals surface area contributed by atoms with Crippen molar-refractivity contribution in [2.75, 3.05) is 11.4 Å². The van der Waals surface area contributed by atoms with Crippen LogP contribution in [0.1, 0.15) is 17.3 Å². The summed E-state index contributed by atoms with van der Waals surface area (Å²) in [4.78, 5) is 16.9. The maximum Gasteiger partial charge on any atom is 0.323 e. The van der Waals surface area contributed by atoms with Crippen LogP contribution in [-0.4, -0.2) is 22.6 Å². The highest BCUT2D eigenvalue weighted by molar-refractivity contribution is 6.30. The standard InChI is InChI=1S/C14H15ClN2O3/c1-9-10(2)20-13(16-9)7-17(8-14(18)19)12-5-3-11(15)4-6-12/h3-6H,7-8H2,1-2H3,(H,18,19). The van der Waals surface area contributed by atoms with Gasteiger partial charge in [-0.1, -0.05) is 11.6 Å². The molecule has 1 aromatic heterocycles. The number of benzene rings is 1. The third-order valence-electron chi connectivity index (χ3n) is 2.92. The Balaban J connectivity index is 2.23. The zero-order valence-electron chi connectivity index (χ0n) is 11.3. The van der Waals surface area contributed by atoms with Crippen LogP contribution in [0.4, 0.5) is 5.69 Å². The fourth-order valence-electron chi connectivity index (χ4n) is 1.82. The number of carboxylic acid groups (broad SMARTS) is 1. The van der Waals surface area contributed by atoms with Crippen LogP contribution in [0, 0.1) is 13.8 Å². The Hall–Kier alpha value is -2.01. The molecule has 0 amide bonds. The number of carbonyl (C=O) groups is 1. The van der Waals surface area contributed by atoms with Gasteiger partial charge < -0.3 is 14.4 Å². The number of rotatable bonds is 5. The Labute approximate surface area is 121 Å². The van der Waals surface area contributed by atoms with E-state index in [4.69, 9.17) is 21.1 Å². The van der Waals surface area contributed by atoms with Gasteiger partial charge in [-0.25, -0.2) is 4.98 Å². The molecule has 1 aromatic carbocycles. The highest BCUT2D eigenvalue weighted by atomic mass is 35.5. The molecule has 0 aliphatic heterocycles. The summed E-state index contributed by atoms with van der Waals surface area (Å²) in [5.41, 5.74) is 1.57. The molecule has 0 aliphatic carbocycles. The molecule has 0 spiro atoms. The summed E-state index contributed by atoms with van der Waals surface area (Å²) < 4.78 is 5.50. The van der Waals surface area contributed by atoms with E-state index in [1.165, 1.54) is 0 Å². The number of aromatic nitrogens is 1. The van der Waals surface area contributed by atoms with Gasteiger partial charge in [0.25, 0.3) is 0 Å². The molecular weight excluding hydrogens is 280 g/mol.